The van der Waals surface area contributed by atoms with Gasteiger partial charge in [-0.2, -0.15) is 13.2 Å². The zero-order valence-electron chi connectivity index (χ0n) is 13.5. The molecule has 22 heavy (non-hydrogen) atoms. The number of guanidine groups is 1. The number of halogens is 4. The first-order chi connectivity index (χ1) is 9.83. The molecule has 1 fully saturated rings. The average Bonchev–Trinajstić information content (AvgIpc) is 2.41. The highest BCUT2D eigenvalue weighted by Gasteiger charge is 2.26. The van der Waals surface area contributed by atoms with E-state index in [9.17, 15) is 13.2 Å². The Morgan fingerprint density at radius 3 is 2.55 bits per heavy atom. The van der Waals surface area contributed by atoms with Crippen LogP contribution in [0.2, 0.25) is 0 Å². The molecule has 0 aromatic heterocycles. The van der Waals surface area contributed by atoms with E-state index < -0.39 is 12.6 Å². The number of nitrogens with one attached hydrogen (secondary N) is 2. The summed E-state index contributed by atoms with van der Waals surface area (Å²) in [6.45, 7) is 5.97. The van der Waals surface area contributed by atoms with Crippen molar-refractivity contribution >= 4 is 29.9 Å². The van der Waals surface area contributed by atoms with Crippen molar-refractivity contribution in [2.75, 3.05) is 26.7 Å². The second kappa shape index (κ2) is 10.5. The Morgan fingerprint density at radius 2 is 2.00 bits per heavy atom. The zero-order chi connectivity index (χ0) is 15.9. The summed E-state index contributed by atoms with van der Waals surface area (Å²) in [6, 6.07) is 0.900. The highest BCUT2D eigenvalue weighted by molar-refractivity contribution is 14.0. The topological polar surface area (TPSA) is 39.7 Å². The molecule has 132 valence electrons. The molecule has 2 N–H and O–H groups in total. The molecule has 2 atom stereocenters. The third kappa shape index (κ3) is 8.40. The van der Waals surface area contributed by atoms with E-state index in [1.54, 1.807) is 7.05 Å². The van der Waals surface area contributed by atoms with Crippen LogP contribution in [0.1, 0.15) is 39.5 Å². The molecule has 2 unspecified atom stereocenters. The smallest absolute Gasteiger partial charge is 0.356 e. The van der Waals surface area contributed by atoms with Crippen molar-refractivity contribution in [2.24, 2.45) is 4.99 Å². The summed E-state index contributed by atoms with van der Waals surface area (Å²) in [6.07, 6.45) is -1.29. The minimum atomic E-state index is -4.14. The lowest BCUT2D eigenvalue weighted by atomic mass is 10.0. The molecule has 1 heterocycles. The molecule has 0 aromatic rings. The van der Waals surface area contributed by atoms with Crippen LogP contribution in [0, 0.1) is 0 Å². The van der Waals surface area contributed by atoms with Gasteiger partial charge >= 0.3 is 6.18 Å². The third-order valence-corrected chi connectivity index (χ3v) is 3.91. The summed E-state index contributed by atoms with van der Waals surface area (Å²) in [4.78, 5) is 6.40. The van der Waals surface area contributed by atoms with Crippen molar-refractivity contribution < 1.29 is 13.2 Å². The molecule has 0 saturated carbocycles. The van der Waals surface area contributed by atoms with Crippen LogP contribution in [-0.2, 0) is 0 Å². The van der Waals surface area contributed by atoms with Gasteiger partial charge in [0.15, 0.2) is 5.96 Å². The maximum Gasteiger partial charge on any atom is 0.390 e. The van der Waals surface area contributed by atoms with Crippen molar-refractivity contribution in [1.29, 1.82) is 0 Å². The Labute approximate surface area is 148 Å². The predicted octanol–water partition coefficient (Wildman–Crippen LogP) is 2.98. The van der Waals surface area contributed by atoms with Crippen LogP contribution >= 0.6 is 24.0 Å². The van der Waals surface area contributed by atoms with E-state index in [4.69, 9.17) is 0 Å². The van der Waals surface area contributed by atoms with Crippen LogP contribution in [0.4, 0.5) is 13.2 Å². The fraction of sp³-hybridized carbons (Fsp3) is 0.929. The molecule has 1 aliphatic heterocycles. The van der Waals surface area contributed by atoms with Crippen molar-refractivity contribution in [3.8, 4) is 0 Å². The summed E-state index contributed by atoms with van der Waals surface area (Å²) >= 11 is 0. The first-order valence-electron chi connectivity index (χ1n) is 7.60. The van der Waals surface area contributed by atoms with Gasteiger partial charge in [-0.05, 0) is 33.2 Å². The van der Waals surface area contributed by atoms with Gasteiger partial charge in [0.25, 0.3) is 0 Å². The molecule has 0 aliphatic carbocycles. The standard InChI is InChI=1S/C14H27F3N4.HI/c1-11-6-4-5-9-21(11)12(2)10-20-13(18-3)19-8-7-14(15,16)17;/h11-12H,4-10H2,1-3H3,(H2,18,19,20);1H. The highest BCUT2D eigenvalue weighted by Crippen LogP contribution is 2.19. The lowest BCUT2D eigenvalue weighted by molar-refractivity contribution is -0.132. The van der Waals surface area contributed by atoms with Gasteiger partial charge in [-0.1, -0.05) is 6.42 Å². The number of hydrogen-bond acceptors (Lipinski definition) is 2. The molecule has 4 nitrogen and oxygen atoms in total. The van der Waals surface area contributed by atoms with Crippen LogP contribution in [-0.4, -0.2) is 55.8 Å². The van der Waals surface area contributed by atoms with Gasteiger partial charge in [0.2, 0.25) is 0 Å². The second-order valence-corrected chi connectivity index (χ2v) is 5.68. The minimum absolute atomic E-state index is 0. The van der Waals surface area contributed by atoms with Crippen LogP contribution in [0.15, 0.2) is 4.99 Å². The number of nitrogens with zero attached hydrogens (tertiary/aromatic N) is 2. The quantitative estimate of drug-likeness (QED) is 0.396. The lowest BCUT2D eigenvalue weighted by Gasteiger charge is -2.38. The molecule has 1 aliphatic rings. The van der Waals surface area contributed by atoms with Crippen molar-refractivity contribution in [2.45, 2.75) is 57.8 Å². The summed E-state index contributed by atoms with van der Waals surface area (Å²) in [5.74, 6) is 0.427. The fourth-order valence-electron chi connectivity index (χ4n) is 2.68. The predicted molar refractivity (Wildman–Crippen MR) is 94.9 cm³/mol. The molecule has 0 amide bonds. The normalized spacial score (nSPS) is 21.9. The molecule has 1 rings (SSSR count). The van der Waals surface area contributed by atoms with Crippen LogP contribution in [0.25, 0.3) is 0 Å². The van der Waals surface area contributed by atoms with Crippen LogP contribution in [0.3, 0.4) is 0 Å². The molecule has 0 aromatic carbocycles. The Balaban J connectivity index is 0.00000441. The van der Waals surface area contributed by atoms with Gasteiger partial charge in [-0.15, -0.1) is 24.0 Å². The summed E-state index contributed by atoms with van der Waals surface area (Å²) in [7, 11) is 1.57. The van der Waals surface area contributed by atoms with Gasteiger partial charge in [0, 0.05) is 32.2 Å². The Kier molecular flexibility index (Phi) is 10.4. The van der Waals surface area contributed by atoms with Gasteiger partial charge in [-0.3, -0.25) is 9.89 Å². The number of likely N-dealkylation sites (tertiary alicyclic amines) is 1. The fourth-order valence-corrected chi connectivity index (χ4v) is 2.68. The number of rotatable bonds is 5. The molecular weight excluding hydrogens is 408 g/mol. The average molecular weight is 436 g/mol. The number of aliphatic imine (C=N–C) groups is 1. The monoisotopic (exact) mass is 436 g/mol. The van der Waals surface area contributed by atoms with E-state index in [1.807, 2.05) is 0 Å². The van der Waals surface area contributed by atoms with E-state index in [0.29, 0.717) is 24.6 Å². The minimum Gasteiger partial charge on any atom is -0.356 e. The molecule has 0 bridgehead atoms. The number of alkyl halides is 3. The van der Waals surface area contributed by atoms with Crippen LogP contribution in [0.5, 0.6) is 0 Å². The van der Waals surface area contributed by atoms with E-state index in [0.717, 1.165) is 6.54 Å². The van der Waals surface area contributed by atoms with Gasteiger partial charge in [0.05, 0.1) is 6.42 Å². The zero-order valence-corrected chi connectivity index (χ0v) is 15.9. The van der Waals surface area contributed by atoms with Crippen LogP contribution < -0.4 is 10.6 Å². The number of piperidine rings is 1. The Bertz CT molecular complexity index is 337. The van der Waals surface area contributed by atoms with E-state index in [-0.39, 0.29) is 30.5 Å². The molecule has 1 saturated heterocycles. The lowest BCUT2D eigenvalue weighted by Crippen LogP contribution is -2.50. The summed E-state index contributed by atoms with van der Waals surface area (Å²) in [5, 5.41) is 5.80. The summed E-state index contributed by atoms with van der Waals surface area (Å²) in [5.41, 5.74) is 0. The molecule has 0 spiro atoms. The SMILES string of the molecule is CN=C(NCCC(F)(F)F)NCC(C)N1CCCCC1C.I. The third-order valence-electron chi connectivity index (χ3n) is 3.91. The first-order valence-corrected chi connectivity index (χ1v) is 7.60. The second-order valence-electron chi connectivity index (χ2n) is 5.68. The first kappa shape index (κ1) is 21.8. The van der Waals surface area contributed by atoms with Gasteiger partial charge in [0.1, 0.15) is 0 Å². The summed E-state index contributed by atoms with van der Waals surface area (Å²) < 4.78 is 36.3. The van der Waals surface area contributed by atoms with Crippen molar-refractivity contribution in [1.82, 2.24) is 15.5 Å². The maximum absolute atomic E-state index is 12.1. The number of hydrogen-bond donors (Lipinski definition) is 2. The highest BCUT2D eigenvalue weighted by atomic mass is 127. The Hall–Kier alpha value is -0.250. The Morgan fingerprint density at radius 1 is 1.32 bits per heavy atom. The molecule has 8 heteroatoms. The van der Waals surface area contributed by atoms with Crippen molar-refractivity contribution in [3.05, 3.63) is 0 Å². The maximum atomic E-state index is 12.1. The molecule has 0 radical (unpaired) electrons. The van der Waals surface area contributed by atoms with E-state index in [2.05, 4.69) is 34.4 Å². The van der Waals surface area contributed by atoms with Gasteiger partial charge < -0.3 is 10.6 Å². The molecular formula is C14H28F3IN4. The van der Waals surface area contributed by atoms with E-state index >= 15 is 0 Å². The van der Waals surface area contributed by atoms with Crippen molar-refractivity contribution in [3.63, 3.8) is 0 Å². The van der Waals surface area contributed by atoms with Gasteiger partial charge in [-0.25, -0.2) is 0 Å². The largest absolute Gasteiger partial charge is 0.390 e. The van der Waals surface area contributed by atoms with E-state index in [1.165, 1.54) is 19.3 Å².